The standard InChI is InChI=1S/C14H12Br2N2O2/c1-7-4-10(15)13(11(16)5-7)18-14(20)9-6-8(19)2-3-12(9)17/h2-6,19H,17H2,1H3,(H,18,20). The van der Waals surface area contributed by atoms with Crippen molar-refractivity contribution in [3.63, 3.8) is 0 Å². The molecule has 0 atom stereocenters. The van der Waals surface area contributed by atoms with Crippen LogP contribution in [0.3, 0.4) is 0 Å². The summed E-state index contributed by atoms with van der Waals surface area (Å²) in [5, 5.41) is 12.2. The van der Waals surface area contributed by atoms with E-state index in [4.69, 9.17) is 5.73 Å². The molecule has 4 N–H and O–H groups in total. The van der Waals surface area contributed by atoms with E-state index < -0.39 is 0 Å². The van der Waals surface area contributed by atoms with Gasteiger partial charge >= 0.3 is 0 Å². The van der Waals surface area contributed by atoms with Crippen LogP contribution in [0, 0.1) is 6.92 Å². The molecule has 0 aliphatic heterocycles. The first-order valence-electron chi connectivity index (χ1n) is 5.74. The van der Waals surface area contributed by atoms with Crippen molar-refractivity contribution in [2.24, 2.45) is 0 Å². The number of carbonyl (C=O) groups excluding carboxylic acids is 1. The molecule has 0 saturated carbocycles. The van der Waals surface area contributed by atoms with Crippen molar-refractivity contribution in [3.8, 4) is 5.75 Å². The minimum Gasteiger partial charge on any atom is -0.508 e. The predicted molar refractivity (Wildman–Crippen MR) is 87.1 cm³/mol. The summed E-state index contributed by atoms with van der Waals surface area (Å²) < 4.78 is 1.52. The fraction of sp³-hybridized carbons (Fsp3) is 0.0714. The molecule has 0 bridgehead atoms. The molecule has 2 rings (SSSR count). The van der Waals surface area contributed by atoms with Crippen LogP contribution in [0.25, 0.3) is 0 Å². The van der Waals surface area contributed by atoms with E-state index in [-0.39, 0.29) is 17.2 Å². The van der Waals surface area contributed by atoms with Gasteiger partial charge in [0.15, 0.2) is 0 Å². The molecule has 0 fully saturated rings. The smallest absolute Gasteiger partial charge is 0.257 e. The molecule has 0 aromatic heterocycles. The van der Waals surface area contributed by atoms with Crippen LogP contribution in [0.4, 0.5) is 11.4 Å². The zero-order valence-corrected chi connectivity index (χ0v) is 13.7. The van der Waals surface area contributed by atoms with E-state index in [1.165, 1.54) is 18.2 Å². The molecule has 6 heteroatoms. The molecule has 0 heterocycles. The average molecular weight is 400 g/mol. The number of anilines is 2. The number of phenolic OH excluding ortho intramolecular Hbond substituents is 1. The maximum absolute atomic E-state index is 12.2. The highest BCUT2D eigenvalue weighted by atomic mass is 79.9. The summed E-state index contributed by atoms with van der Waals surface area (Å²) >= 11 is 6.81. The normalized spacial score (nSPS) is 10.3. The maximum atomic E-state index is 12.2. The van der Waals surface area contributed by atoms with Gasteiger partial charge in [-0.1, -0.05) is 0 Å². The molecular formula is C14H12Br2N2O2. The highest BCUT2D eigenvalue weighted by molar-refractivity contribution is 9.11. The van der Waals surface area contributed by atoms with Crippen molar-refractivity contribution in [1.29, 1.82) is 0 Å². The summed E-state index contributed by atoms with van der Waals surface area (Å²) in [6, 6.07) is 8.05. The molecule has 0 saturated heterocycles. The topological polar surface area (TPSA) is 75.3 Å². The van der Waals surface area contributed by atoms with Gasteiger partial charge in [0.25, 0.3) is 5.91 Å². The molecule has 0 spiro atoms. The molecule has 0 unspecified atom stereocenters. The zero-order chi connectivity index (χ0) is 14.9. The van der Waals surface area contributed by atoms with E-state index >= 15 is 0 Å². The number of nitrogens with two attached hydrogens (primary N) is 1. The Kier molecular flexibility index (Phi) is 4.35. The molecule has 2 aromatic carbocycles. The fourth-order valence-electron chi connectivity index (χ4n) is 1.74. The molecule has 4 nitrogen and oxygen atoms in total. The summed E-state index contributed by atoms with van der Waals surface area (Å²) in [6.07, 6.45) is 0. The molecule has 2 aromatic rings. The number of halogens is 2. The van der Waals surface area contributed by atoms with E-state index in [0.717, 1.165) is 14.5 Å². The number of aromatic hydroxyl groups is 1. The highest BCUT2D eigenvalue weighted by Crippen LogP contribution is 2.33. The van der Waals surface area contributed by atoms with E-state index in [9.17, 15) is 9.90 Å². The molecule has 0 aliphatic rings. The first kappa shape index (κ1) is 14.9. The van der Waals surface area contributed by atoms with Crippen molar-refractivity contribution in [3.05, 3.63) is 50.4 Å². The number of nitrogen functional groups attached to an aromatic ring is 1. The van der Waals surface area contributed by atoms with Gasteiger partial charge in [0.1, 0.15) is 5.75 Å². The number of carbonyl (C=O) groups is 1. The first-order chi connectivity index (χ1) is 9.38. The van der Waals surface area contributed by atoms with Gasteiger partial charge in [0.05, 0.1) is 11.3 Å². The Morgan fingerprint density at radius 2 is 1.80 bits per heavy atom. The highest BCUT2D eigenvalue weighted by Gasteiger charge is 2.14. The lowest BCUT2D eigenvalue weighted by molar-refractivity contribution is 0.102. The quantitative estimate of drug-likeness (QED) is 0.526. The number of nitrogens with one attached hydrogen (secondary N) is 1. The Bertz CT molecular complexity index is 664. The Labute approximate surface area is 133 Å². The SMILES string of the molecule is Cc1cc(Br)c(NC(=O)c2cc(O)ccc2N)c(Br)c1. The van der Waals surface area contributed by atoms with Gasteiger partial charge in [-0.3, -0.25) is 4.79 Å². The van der Waals surface area contributed by atoms with Crippen LogP contribution in [-0.2, 0) is 0 Å². The molecular weight excluding hydrogens is 388 g/mol. The third kappa shape index (κ3) is 3.13. The summed E-state index contributed by atoms with van der Waals surface area (Å²) in [5.74, 6) is -0.393. The lowest BCUT2D eigenvalue weighted by Gasteiger charge is -2.12. The number of benzene rings is 2. The van der Waals surface area contributed by atoms with Gasteiger partial charge in [-0.05, 0) is 74.7 Å². The third-order valence-electron chi connectivity index (χ3n) is 2.71. The second kappa shape index (κ2) is 5.85. The van der Waals surface area contributed by atoms with Crippen molar-refractivity contribution >= 4 is 49.1 Å². The molecule has 104 valence electrons. The average Bonchev–Trinajstić information content (AvgIpc) is 2.36. The van der Waals surface area contributed by atoms with Crippen LogP contribution in [0.1, 0.15) is 15.9 Å². The number of rotatable bonds is 2. The minimum absolute atomic E-state index is 0.00797. The second-order valence-electron chi connectivity index (χ2n) is 4.33. The number of aryl methyl sites for hydroxylation is 1. The zero-order valence-electron chi connectivity index (χ0n) is 10.6. The first-order valence-corrected chi connectivity index (χ1v) is 7.32. The summed E-state index contributed by atoms with van der Waals surface area (Å²) in [7, 11) is 0. The number of hydrogen-bond donors (Lipinski definition) is 3. The lowest BCUT2D eigenvalue weighted by atomic mass is 10.1. The summed E-state index contributed by atoms with van der Waals surface area (Å²) in [4.78, 5) is 12.2. The van der Waals surface area contributed by atoms with Crippen LogP contribution < -0.4 is 11.1 Å². The largest absolute Gasteiger partial charge is 0.508 e. The maximum Gasteiger partial charge on any atom is 0.257 e. The van der Waals surface area contributed by atoms with E-state index in [2.05, 4.69) is 37.2 Å². The van der Waals surface area contributed by atoms with E-state index in [0.29, 0.717) is 11.4 Å². The van der Waals surface area contributed by atoms with Crippen molar-refractivity contribution in [2.75, 3.05) is 11.1 Å². The monoisotopic (exact) mass is 398 g/mol. The van der Waals surface area contributed by atoms with Gasteiger partial charge in [-0.25, -0.2) is 0 Å². The van der Waals surface area contributed by atoms with Crippen LogP contribution in [0.5, 0.6) is 5.75 Å². The summed E-state index contributed by atoms with van der Waals surface area (Å²) in [5.41, 5.74) is 7.95. The lowest BCUT2D eigenvalue weighted by Crippen LogP contribution is -2.14. The minimum atomic E-state index is -0.386. The van der Waals surface area contributed by atoms with Gasteiger partial charge in [-0.2, -0.15) is 0 Å². The van der Waals surface area contributed by atoms with Gasteiger partial charge in [0.2, 0.25) is 0 Å². The van der Waals surface area contributed by atoms with Crippen LogP contribution in [0.2, 0.25) is 0 Å². The third-order valence-corrected chi connectivity index (χ3v) is 3.96. The molecule has 0 radical (unpaired) electrons. The van der Waals surface area contributed by atoms with Crippen molar-refractivity contribution < 1.29 is 9.90 Å². The molecule has 1 amide bonds. The van der Waals surface area contributed by atoms with Gasteiger partial charge in [0, 0.05) is 14.6 Å². The summed E-state index contributed by atoms with van der Waals surface area (Å²) in [6.45, 7) is 1.95. The Balaban J connectivity index is 2.35. The number of amides is 1. The second-order valence-corrected chi connectivity index (χ2v) is 6.04. The Hall–Kier alpha value is -1.53. The Morgan fingerprint density at radius 3 is 2.40 bits per heavy atom. The van der Waals surface area contributed by atoms with Gasteiger partial charge in [-0.15, -0.1) is 0 Å². The molecule has 20 heavy (non-hydrogen) atoms. The van der Waals surface area contributed by atoms with Crippen LogP contribution in [-0.4, -0.2) is 11.0 Å². The number of phenols is 1. The molecule has 0 aliphatic carbocycles. The fourth-order valence-corrected chi connectivity index (χ4v) is 3.35. The van der Waals surface area contributed by atoms with E-state index in [1.807, 2.05) is 19.1 Å². The van der Waals surface area contributed by atoms with Gasteiger partial charge < -0.3 is 16.2 Å². The van der Waals surface area contributed by atoms with Crippen molar-refractivity contribution in [2.45, 2.75) is 6.92 Å². The van der Waals surface area contributed by atoms with Crippen LogP contribution >= 0.6 is 31.9 Å². The van der Waals surface area contributed by atoms with E-state index in [1.54, 1.807) is 0 Å². The number of hydrogen-bond acceptors (Lipinski definition) is 3. The van der Waals surface area contributed by atoms with Crippen molar-refractivity contribution in [1.82, 2.24) is 0 Å². The predicted octanol–water partition coefficient (Wildman–Crippen LogP) is 4.06. The Morgan fingerprint density at radius 1 is 1.20 bits per heavy atom. The van der Waals surface area contributed by atoms with Crippen LogP contribution in [0.15, 0.2) is 39.3 Å².